The van der Waals surface area contributed by atoms with E-state index < -0.39 is 0 Å². The second kappa shape index (κ2) is 9.20. The van der Waals surface area contributed by atoms with Crippen LogP contribution < -0.4 is 27.5 Å². The second-order valence-electron chi connectivity index (χ2n) is 8.42. The van der Waals surface area contributed by atoms with Crippen LogP contribution in [0.1, 0.15) is 29.5 Å². The molecule has 1 saturated carbocycles. The van der Waals surface area contributed by atoms with Gasteiger partial charge in [-0.3, -0.25) is 15.0 Å². The van der Waals surface area contributed by atoms with Gasteiger partial charge in [0.25, 0.3) is 0 Å². The van der Waals surface area contributed by atoms with Gasteiger partial charge in [-0.15, -0.1) is 0 Å². The Morgan fingerprint density at radius 2 is 1.91 bits per heavy atom. The van der Waals surface area contributed by atoms with Crippen molar-refractivity contribution in [3.8, 4) is 11.3 Å². The smallest absolute Gasteiger partial charge is 0.224 e. The third kappa shape index (κ3) is 5.23. The molecule has 3 aromatic rings. The normalized spacial score (nSPS) is 12.9. The Balaban J connectivity index is 1.60. The van der Waals surface area contributed by atoms with E-state index in [0.29, 0.717) is 40.8 Å². The molecule has 170 valence electrons. The lowest BCUT2D eigenvalue weighted by Gasteiger charge is -2.18. The maximum atomic E-state index is 13.4. The summed E-state index contributed by atoms with van der Waals surface area (Å²) >= 11 is 0. The van der Waals surface area contributed by atoms with Crippen LogP contribution in [0.5, 0.6) is 0 Å². The first-order valence-electron chi connectivity index (χ1n) is 10.9. The molecule has 1 aliphatic carbocycles. The Kier molecular flexibility index (Phi) is 6.17. The van der Waals surface area contributed by atoms with Gasteiger partial charge in [0, 0.05) is 48.2 Å². The average molecular weight is 445 g/mol. The molecule has 33 heavy (non-hydrogen) atoms. The van der Waals surface area contributed by atoms with Crippen molar-refractivity contribution in [1.82, 2.24) is 9.88 Å². The van der Waals surface area contributed by atoms with Gasteiger partial charge in [0.1, 0.15) is 5.84 Å². The van der Waals surface area contributed by atoms with Crippen LogP contribution in [-0.2, 0) is 24.8 Å². The van der Waals surface area contributed by atoms with Crippen molar-refractivity contribution in [3.05, 3.63) is 81.6 Å². The Morgan fingerprint density at radius 3 is 2.55 bits per heavy atom. The minimum Gasteiger partial charge on any atom is -0.399 e. The number of nitrogens with zero attached hydrogens (tertiary/aromatic N) is 1. The molecule has 0 saturated heterocycles. The van der Waals surface area contributed by atoms with Crippen LogP contribution in [0.4, 0.5) is 11.4 Å². The predicted molar refractivity (Wildman–Crippen MR) is 131 cm³/mol. The molecule has 8 heteroatoms. The lowest BCUT2D eigenvalue weighted by atomic mass is 10.0. The van der Waals surface area contributed by atoms with E-state index in [-0.39, 0.29) is 23.6 Å². The molecule has 0 aliphatic heterocycles. The molecule has 1 heterocycles. The number of carbonyl (C=O) groups excluding carboxylic acids is 1. The predicted octanol–water partition coefficient (Wildman–Crippen LogP) is 2.35. The number of aromatic nitrogens is 1. The number of pyridine rings is 1. The molecule has 0 unspecified atom stereocenters. The number of aryl methyl sites for hydroxylation is 1. The van der Waals surface area contributed by atoms with E-state index in [1.165, 1.54) is 0 Å². The molecule has 0 bridgehead atoms. The maximum absolute atomic E-state index is 13.4. The molecule has 8 nitrogen and oxygen atoms in total. The lowest BCUT2D eigenvalue weighted by Crippen LogP contribution is -2.29. The van der Waals surface area contributed by atoms with Crippen LogP contribution in [0, 0.1) is 5.41 Å². The van der Waals surface area contributed by atoms with Gasteiger partial charge in [-0.25, -0.2) is 0 Å². The Bertz CT molecular complexity index is 1260. The van der Waals surface area contributed by atoms with Gasteiger partial charge < -0.3 is 26.7 Å². The van der Waals surface area contributed by atoms with Gasteiger partial charge >= 0.3 is 0 Å². The first kappa shape index (κ1) is 22.1. The van der Waals surface area contributed by atoms with E-state index in [4.69, 9.17) is 16.9 Å². The SMILES string of the molecule is Cn1cc(NC2CC2)c(=O)c(CC(=O)NCc2ccc(C(=N)N)cc2)c1-c1cccc(N)c1. The van der Waals surface area contributed by atoms with Crippen molar-refractivity contribution in [2.75, 3.05) is 11.1 Å². The van der Waals surface area contributed by atoms with Crippen LogP contribution >= 0.6 is 0 Å². The number of nitrogens with two attached hydrogens (primary N) is 2. The zero-order valence-electron chi connectivity index (χ0n) is 18.5. The molecule has 0 spiro atoms. The van der Waals surface area contributed by atoms with Crippen LogP contribution in [0.25, 0.3) is 11.3 Å². The number of nitrogen functional groups attached to an aromatic ring is 2. The number of amidine groups is 1. The van der Waals surface area contributed by atoms with Crippen LogP contribution in [0.15, 0.2) is 59.5 Å². The molecule has 0 atom stereocenters. The molecular weight excluding hydrogens is 416 g/mol. The highest BCUT2D eigenvalue weighted by Gasteiger charge is 2.25. The quantitative estimate of drug-likeness (QED) is 0.206. The zero-order valence-corrected chi connectivity index (χ0v) is 18.5. The van der Waals surface area contributed by atoms with Gasteiger partial charge in [-0.2, -0.15) is 0 Å². The van der Waals surface area contributed by atoms with Crippen molar-refractivity contribution in [2.24, 2.45) is 12.8 Å². The van der Waals surface area contributed by atoms with Crippen LogP contribution in [-0.4, -0.2) is 22.4 Å². The molecule has 1 fully saturated rings. The van der Waals surface area contributed by atoms with Crippen molar-refractivity contribution >= 4 is 23.1 Å². The lowest BCUT2D eigenvalue weighted by molar-refractivity contribution is -0.120. The van der Waals surface area contributed by atoms with Gasteiger partial charge in [-0.05, 0) is 30.5 Å². The van der Waals surface area contributed by atoms with E-state index in [9.17, 15) is 9.59 Å². The van der Waals surface area contributed by atoms with Crippen molar-refractivity contribution in [1.29, 1.82) is 5.41 Å². The second-order valence-corrected chi connectivity index (χ2v) is 8.42. The molecule has 0 radical (unpaired) electrons. The average Bonchev–Trinajstić information content (AvgIpc) is 3.60. The van der Waals surface area contributed by atoms with Gasteiger partial charge in [0.15, 0.2) is 0 Å². The molecule has 2 aromatic carbocycles. The number of benzene rings is 2. The molecule has 1 amide bonds. The summed E-state index contributed by atoms with van der Waals surface area (Å²) in [6, 6.07) is 14.7. The Morgan fingerprint density at radius 1 is 1.18 bits per heavy atom. The van der Waals surface area contributed by atoms with Crippen LogP contribution in [0.2, 0.25) is 0 Å². The summed E-state index contributed by atoms with van der Waals surface area (Å²) in [4.78, 5) is 26.2. The first-order valence-corrected chi connectivity index (χ1v) is 10.9. The van der Waals surface area contributed by atoms with E-state index in [2.05, 4.69) is 10.6 Å². The van der Waals surface area contributed by atoms with Crippen molar-refractivity contribution in [3.63, 3.8) is 0 Å². The Hall–Kier alpha value is -4.07. The highest BCUT2D eigenvalue weighted by molar-refractivity contribution is 5.94. The summed E-state index contributed by atoms with van der Waals surface area (Å²) < 4.78 is 1.88. The Labute approximate surface area is 192 Å². The van der Waals surface area contributed by atoms with E-state index in [1.54, 1.807) is 30.5 Å². The summed E-state index contributed by atoms with van der Waals surface area (Å²) in [5, 5.41) is 13.6. The van der Waals surface area contributed by atoms with Gasteiger partial charge in [0.05, 0.1) is 17.8 Å². The standard InChI is InChI=1S/C25H28N6O2/c1-31-14-21(30-19-9-10-19)24(33)20(23(31)17-3-2-4-18(26)11-17)12-22(32)29-13-15-5-7-16(8-6-15)25(27)28/h2-8,11,14,19,30H,9-10,12-13,26H2,1H3,(H3,27,28)(H,29,32). The first-order chi connectivity index (χ1) is 15.8. The number of anilines is 2. The molecule has 7 N–H and O–H groups in total. The third-order valence-corrected chi connectivity index (χ3v) is 5.67. The third-order valence-electron chi connectivity index (χ3n) is 5.67. The highest BCUT2D eigenvalue weighted by atomic mass is 16.1. The number of hydrogen-bond acceptors (Lipinski definition) is 5. The fourth-order valence-electron chi connectivity index (χ4n) is 3.80. The summed E-state index contributed by atoms with van der Waals surface area (Å²) in [6.07, 6.45) is 3.82. The highest BCUT2D eigenvalue weighted by Crippen LogP contribution is 2.28. The number of amides is 1. The molecule has 1 aromatic heterocycles. The van der Waals surface area contributed by atoms with Gasteiger partial charge in [0.2, 0.25) is 11.3 Å². The van der Waals surface area contributed by atoms with Crippen LogP contribution in [0.3, 0.4) is 0 Å². The molecule has 1 aliphatic rings. The number of carbonyl (C=O) groups is 1. The summed E-state index contributed by atoms with van der Waals surface area (Å²) in [7, 11) is 1.87. The number of rotatable bonds is 8. The minimum atomic E-state index is -0.253. The van der Waals surface area contributed by atoms with Crippen molar-refractivity contribution < 1.29 is 4.79 Å². The summed E-state index contributed by atoms with van der Waals surface area (Å²) in [5.74, 6) is -0.258. The zero-order chi connectivity index (χ0) is 23.5. The van der Waals surface area contributed by atoms with E-state index in [1.807, 2.05) is 35.9 Å². The molecular formula is C25H28N6O2. The summed E-state index contributed by atoms with van der Waals surface area (Å²) in [6.45, 7) is 0.310. The largest absolute Gasteiger partial charge is 0.399 e. The maximum Gasteiger partial charge on any atom is 0.224 e. The fourth-order valence-corrected chi connectivity index (χ4v) is 3.80. The van der Waals surface area contributed by atoms with Gasteiger partial charge in [-0.1, -0.05) is 36.4 Å². The fraction of sp³-hybridized carbons (Fsp3) is 0.240. The summed E-state index contributed by atoms with van der Waals surface area (Å²) in [5.41, 5.74) is 15.8. The monoisotopic (exact) mass is 444 g/mol. The van der Waals surface area contributed by atoms with Crippen molar-refractivity contribution in [2.45, 2.75) is 31.8 Å². The number of hydrogen-bond donors (Lipinski definition) is 5. The van der Waals surface area contributed by atoms with E-state index >= 15 is 0 Å². The number of nitrogens with one attached hydrogen (secondary N) is 3. The van der Waals surface area contributed by atoms with E-state index in [0.717, 1.165) is 24.0 Å². The minimum absolute atomic E-state index is 0.00445. The topological polar surface area (TPSA) is 139 Å². The molecule has 4 rings (SSSR count).